The predicted octanol–water partition coefficient (Wildman–Crippen LogP) is 4.60. The lowest BCUT2D eigenvalue weighted by atomic mass is 10.1. The molecule has 3 rings (SSSR count). The van der Waals surface area contributed by atoms with Gasteiger partial charge >= 0.3 is 6.09 Å². The summed E-state index contributed by atoms with van der Waals surface area (Å²) >= 11 is 7.51. The Labute approximate surface area is 173 Å². The second-order valence-electron chi connectivity index (χ2n) is 7.44. The van der Waals surface area contributed by atoms with Gasteiger partial charge in [0.15, 0.2) is 0 Å². The highest BCUT2D eigenvalue weighted by Crippen LogP contribution is 2.42. The van der Waals surface area contributed by atoms with Gasteiger partial charge in [-0.05, 0) is 50.6 Å². The Morgan fingerprint density at radius 2 is 2.00 bits per heavy atom. The van der Waals surface area contributed by atoms with Gasteiger partial charge in [-0.15, -0.1) is 11.8 Å². The SMILES string of the molecule is CC(C)(C)OC(=O)N1C(C(=O)NCc2ccco2)CSC1c1ccc(Cl)cc1. The van der Waals surface area contributed by atoms with E-state index in [1.54, 1.807) is 51.3 Å². The summed E-state index contributed by atoms with van der Waals surface area (Å²) in [6, 6.07) is 10.2. The van der Waals surface area contributed by atoms with E-state index in [-0.39, 0.29) is 17.8 Å². The molecule has 1 aliphatic rings. The normalized spacial score (nSPS) is 19.5. The molecule has 1 saturated heterocycles. The first kappa shape index (κ1) is 20.6. The molecule has 2 atom stereocenters. The zero-order valence-electron chi connectivity index (χ0n) is 16.0. The highest BCUT2D eigenvalue weighted by molar-refractivity contribution is 7.99. The summed E-state index contributed by atoms with van der Waals surface area (Å²) in [5.41, 5.74) is 0.228. The molecule has 28 heavy (non-hydrogen) atoms. The monoisotopic (exact) mass is 422 g/mol. The first-order valence-electron chi connectivity index (χ1n) is 8.93. The van der Waals surface area contributed by atoms with Crippen molar-refractivity contribution in [2.24, 2.45) is 0 Å². The van der Waals surface area contributed by atoms with Gasteiger partial charge in [0.1, 0.15) is 22.8 Å². The molecule has 8 heteroatoms. The largest absolute Gasteiger partial charge is 0.467 e. The van der Waals surface area contributed by atoms with Gasteiger partial charge in [0.2, 0.25) is 5.91 Å². The summed E-state index contributed by atoms with van der Waals surface area (Å²) < 4.78 is 10.8. The lowest BCUT2D eigenvalue weighted by Crippen LogP contribution is -2.49. The molecule has 1 fully saturated rings. The van der Waals surface area contributed by atoms with Gasteiger partial charge < -0.3 is 14.5 Å². The predicted molar refractivity (Wildman–Crippen MR) is 109 cm³/mol. The van der Waals surface area contributed by atoms with E-state index in [1.807, 2.05) is 12.1 Å². The van der Waals surface area contributed by atoms with Crippen LogP contribution < -0.4 is 5.32 Å². The Hall–Kier alpha value is -2.12. The van der Waals surface area contributed by atoms with Gasteiger partial charge in [0, 0.05) is 10.8 Å². The average Bonchev–Trinajstić information content (AvgIpc) is 3.28. The van der Waals surface area contributed by atoms with Gasteiger partial charge in [-0.3, -0.25) is 9.69 Å². The molecule has 0 aliphatic carbocycles. The minimum Gasteiger partial charge on any atom is -0.467 e. The Balaban J connectivity index is 1.80. The van der Waals surface area contributed by atoms with Crippen LogP contribution in [-0.4, -0.2) is 34.3 Å². The summed E-state index contributed by atoms with van der Waals surface area (Å²) in [4.78, 5) is 27.3. The Bertz CT molecular complexity index is 818. The second kappa shape index (κ2) is 8.49. The summed E-state index contributed by atoms with van der Waals surface area (Å²) in [7, 11) is 0. The molecule has 150 valence electrons. The number of furan rings is 1. The van der Waals surface area contributed by atoms with Crippen molar-refractivity contribution in [1.29, 1.82) is 0 Å². The number of rotatable bonds is 4. The van der Waals surface area contributed by atoms with E-state index in [1.165, 1.54) is 16.7 Å². The first-order valence-corrected chi connectivity index (χ1v) is 10.4. The van der Waals surface area contributed by atoms with Crippen LogP contribution in [0.5, 0.6) is 0 Å². The molecule has 1 aromatic heterocycles. The molecule has 1 aromatic carbocycles. The van der Waals surface area contributed by atoms with Crippen LogP contribution in [0.3, 0.4) is 0 Å². The van der Waals surface area contributed by atoms with Gasteiger partial charge in [-0.2, -0.15) is 0 Å². The maximum Gasteiger partial charge on any atom is 0.412 e. The lowest BCUT2D eigenvalue weighted by Gasteiger charge is -2.31. The van der Waals surface area contributed by atoms with Crippen molar-refractivity contribution in [2.45, 2.75) is 44.3 Å². The van der Waals surface area contributed by atoms with Crippen molar-refractivity contribution in [1.82, 2.24) is 10.2 Å². The molecular weight excluding hydrogens is 400 g/mol. The van der Waals surface area contributed by atoms with E-state index in [4.69, 9.17) is 20.8 Å². The molecule has 0 saturated carbocycles. The second-order valence-corrected chi connectivity index (χ2v) is 8.99. The first-order chi connectivity index (χ1) is 13.2. The van der Waals surface area contributed by atoms with Crippen LogP contribution in [-0.2, 0) is 16.1 Å². The number of hydrogen-bond donors (Lipinski definition) is 1. The van der Waals surface area contributed by atoms with Gasteiger partial charge in [-0.1, -0.05) is 23.7 Å². The molecule has 6 nitrogen and oxygen atoms in total. The molecule has 0 radical (unpaired) electrons. The fourth-order valence-electron chi connectivity index (χ4n) is 2.84. The molecule has 2 aromatic rings. The topological polar surface area (TPSA) is 71.8 Å². The molecule has 2 heterocycles. The Kier molecular flexibility index (Phi) is 6.25. The lowest BCUT2D eigenvalue weighted by molar-refractivity contribution is -0.125. The summed E-state index contributed by atoms with van der Waals surface area (Å²) in [5.74, 6) is 0.875. The number of nitrogens with zero attached hydrogens (tertiary/aromatic N) is 1. The summed E-state index contributed by atoms with van der Waals surface area (Å²) in [6.45, 7) is 5.67. The maximum atomic E-state index is 12.9. The van der Waals surface area contributed by atoms with E-state index in [2.05, 4.69) is 5.32 Å². The molecule has 0 bridgehead atoms. The number of thioether (sulfide) groups is 1. The van der Waals surface area contributed by atoms with Crippen molar-refractivity contribution in [3.05, 3.63) is 59.0 Å². The van der Waals surface area contributed by atoms with E-state index in [0.717, 1.165) is 5.56 Å². The third-order valence-corrected chi connectivity index (χ3v) is 5.65. The minimum absolute atomic E-state index is 0.244. The number of benzene rings is 1. The van der Waals surface area contributed by atoms with Crippen molar-refractivity contribution in [3.8, 4) is 0 Å². The highest BCUT2D eigenvalue weighted by Gasteiger charge is 2.44. The fraction of sp³-hybridized carbons (Fsp3) is 0.400. The third kappa shape index (κ3) is 5.02. The fourth-order valence-corrected chi connectivity index (χ4v) is 4.38. The molecule has 1 N–H and O–H groups in total. The number of nitrogens with one attached hydrogen (secondary N) is 1. The van der Waals surface area contributed by atoms with Gasteiger partial charge in [0.05, 0.1) is 12.8 Å². The number of halogens is 1. The van der Waals surface area contributed by atoms with Crippen LogP contribution in [0.25, 0.3) is 0 Å². The zero-order valence-corrected chi connectivity index (χ0v) is 17.5. The highest BCUT2D eigenvalue weighted by atomic mass is 35.5. The maximum absolute atomic E-state index is 12.9. The minimum atomic E-state index is -0.663. The van der Waals surface area contributed by atoms with Crippen molar-refractivity contribution >= 4 is 35.4 Å². The van der Waals surface area contributed by atoms with Crippen molar-refractivity contribution < 1.29 is 18.7 Å². The standard InChI is InChI=1S/C20H23ClN2O4S/c1-20(2,3)27-19(25)23-16(17(24)22-11-15-5-4-10-26-15)12-28-18(23)13-6-8-14(21)9-7-13/h4-10,16,18H,11-12H2,1-3H3,(H,22,24). The van der Waals surface area contributed by atoms with Crippen LogP contribution in [0.1, 0.15) is 37.5 Å². The van der Waals surface area contributed by atoms with E-state index in [0.29, 0.717) is 16.5 Å². The Morgan fingerprint density at radius 3 is 2.61 bits per heavy atom. The van der Waals surface area contributed by atoms with E-state index >= 15 is 0 Å². The Morgan fingerprint density at radius 1 is 1.29 bits per heavy atom. The summed E-state index contributed by atoms with van der Waals surface area (Å²) in [6.07, 6.45) is 1.03. The number of carbonyl (C=O) groups is 2. The van der Waals surface area contributed by atoms with Crippen LogP contribution in [0, 0.1) is 0 Å². The van der Waals surface area contributed by atoms with E-state index in [9.17, 15) is 9.59 Å². The average molecular weight is 423 g/mol. The number of amides is 2. The van der Waals surface area contributed by atoms with Crippen molar-refractivity contribution in [2.75, 3.05) is 5.75 Å². The number of ether oxygens (including phenoxy) is 1. The van der Waals surface area contributed by atoms with E-state index < -0.39 is 17.7 Å². The van der Waals surface area contributed by atoms with Crippen LogP contribution >= 0.6 is 23.4 Å². The van der Waals surface area contributed by atoms with Crippen LogP contribution in [0.4, 0.5) is 4.79 Å². The van der Waals surface area contributed by atoms with Crippen LogP contribution in [0.2, 0.25) is 5.02 Å². The molecule has 2 unspecified atom stereocenters. The molecular formula is C20H23ClN2O4S. The van der Waals surface area contributed by atoms with Gasteiger partial charge in [-0.25, -0.2) is 4.79 Å². The van der Waals surface area contributed by atoms with Crippen molar-refractivity contribution in [3.63, 3.8) is 0 Å². The molecule has 2 amide bonds. The number of carbonyl (C=O) groups excluding carboxylic acids is 2. The zero-order chi connectivity index (χ0) is 20.3. The smallest absolute Gasteiger partial charge is 0.412 e. The third-order valence-electron chi connectivity index (χ3n) is 4.08. The van der Waals surface area contributed by atoms with Gasteiger partial charge in [0.25, 0.3) is 0 Å². The quantitative estimate of drug-likeness (QED) is 0.779. The number of hydrogen-bond acceptors (Lipinski definition) is 5. The summed E-state index contributed by atoms with van der Waals surface area (Å²) in [5, 5.41) is 3.13. The molecule has 1 aliphatic heterocycles. The van der Waals surface area contributed by atoms with Crippen LogP contribution in [0.15, 0.2) is 47.1 Å². The molecule has 0 spiro atoms.